The second-order valence-corrected chi connectivity index (χ2v) is 10.8. The first-order valence-corrected chi connectivity index (χ1v) is 12.7. The lowest BCUT2D eigenvalue weighted by Gasteiger charge is -2.44. The molecule has 0 saturated heterocycles. The van der Waals surface area contributed by atoms with Gasteiger partial charge in [-0.1, -0.05) is 19.1 Å². The number of halogens is 3. The van der Waals surface area contributed by atoms with Crippen molar-refractivity contribution >= 4 is 5.97 Å². The number of fused-ring (bicyclic) bond motifs is 1. The Labute approximate surface area is 203 Å². The smallest absolute Gasteiger partial charge is 0.418 e. The fourth-order valence-corrected chi connectivity index (χ4v) is 6.20. The normalized spacial score (nSPS) is 26.0. The van der Waals surface area contributed by atoms with E-state index in [9.17, 15) is 23.1 Å². The van der Waals surface area contributed by atoms with Crippen LogP contribution in [0.5, 0.6) is 5.75 Å². The molecule has 0 unspecified atom stereocenters. The van der Waals surface area contributed by atoms with Crippen LogP contribution < -0.4 is 4.74 Å². The van der Waals surface area contributed by atoms with Crippen LogP contribution in [-0.4, -0.2) is 21.7 Å². The molecule has 1 spiro atoms. The number of aromatic nitrogens is 1. The summed E-state index contributed by atoms with van der Waals surface area (Å²) >= 11 is 0. The van der Waals surface area contributed by atoms with E-state index < -0.39 is 23.6 Å². The van der Waals surface area contributed by atoms with Gasteiger partial charge in [-0.25, -0.2) is 0 Å². The van der Waals surface area contributed by atoms with Crippen molar-refractivity contribution in [3.05, 3.63) is 58.9 Å². The zero-order valence-electron chi connectivity index (χ0n) is 20.0. The van der Waals surface area contributed by atoms with Crippen LogP contribution in [-0.2, 0) is 23.8 Å². The Morgan fingerprint density at radius 1 is 1.17 bits per heavy atom. The van der Waals surface area contributed by atoms with E-state index in [0.29, 0.717) is 12.3 Å². The molecule has 1 N–H and O–H groups in total. The number of aliphatic carboxylic acids is 1. The van der Waals surface area contributed by atoms with Gasteiger partial charge in [-0.2, -0.15) is 13.2 Å². The van der Waals surface area contributed by atoms with Gasteiger partial charge in [0.1, 0.15) is 11.4 Å². The summed E-state index contributed by atoms with van der Waals surface area (Å²) < 4.78 is 46.7. The SMILES string of the molecule is C[C@H](C(=O)O)[C@H](c1ccc2c(c1)OC1(CC2)CCC(Cc2ncccc2C(F)(F)F)CC1)C1CC1. The Morgan fingerprint density at radius 2 is 1.91 bits per heavy atom. The number of carboxylic acid groups (broad SMARTS) is 1. The van der Waals surface area contributed by atoms with Gasteiger partial charge in [0.25, 0.3) is 0 Å². The third-order valence-electron chi connectivity index (χ3n) is 8.40. The topological polar surface area (TPSA) is 59.4 Å². The van der Waals surface area contributed by atoms with Gasteiger partial charge >= 0.3 is 12.1 Å². The maximum absolute atomic E-state index is 13.4. The maximum atomic E-state index is 13.4. The van der Waals surface area contributed by atoms with E-state index in [-0.39, 0.29) is 23.1 Å². The van der Waals surface area contributed by atoms with Crippen LogP contribution in [0, 0.1) is 17.8 Å². The molecule has 35 heavy (non-hydrogen) atoms. The number of pyridine rings is 1. The first kappa shape index (κ1) is 24.1. The second kappa shape index (κ2) is 9.14. The number of alkyl halides is 3. The zero-order valence-corrected chi connectivity index (χ0v) is 20.0. The van der Waals surface area contributed by atoms with Gasteiger partial charge in [0.05, 0.1) is 17.2 Å². The van der Waals surface area contributed by atoms with Crippen LogP contribution >= 0.6 is 0 Å². The molecule has 1 aromatic carbocycles. The first-order valence-electron chi connectivity index (χ1n) is 12.7. The Hall–Kier alpha value is -2.57. The third kappa shape index (κ3) is 5.05. The Balaban J connectivity index is 1.28. The maximum Gasteiger partial charge on any atom is 0.418 e. The number of benzene rings is 1. The minimum absolute atomic E-state index is 0.00351. The number of carbonyl (C=O) groups is 1. The monoisotopic (exact) mass is 487 g/mol. The molecule has 2 saturated carbocycles. The van der Waals surface area contributed by atoms with Crippen LogP contribution in [0.2, 0.25) is 0 Å². The number of hydrogen-bond acceptors (Lipinski definition) is 3. The summed E-state index contributed by atoms with van der Waals surface area (Å²) in [5.74, 6) is 0.221. The largest absolute Gasteiger partial charge is 0.487 e. The molecule has 188 valence electrons. The summed E-state index contributed by atoms with van der Waals surface area (Å²) in [4.78, 5) is 15.8. The molecule has 1 aromatic heterocycles. The van der Waals surface area contributed by atoms with Crippen LogP contribution in [0.1, 0.15) is 80.2 Å². The Bertz CT molecular complexity index is 1090. The van der Waals surface area contributed by atoms with Gasteiger partial charge < -0.3 is 9.84 Å². The minimum atomic E-state index is -4.39. The summed E-state index contributed by atoms with van der Waals surface area (Å²) in [5.41, 5.74) is 1.42. The molecule has 2 atom stereocenters. The van der Waals surface area contributed by atoms with Crippen molar-refractivity contribution in [3.8, 4) is 5.75 Å². The number of ether oxygens (including phenoxy) is 1. The van der Waals surface area contributed by atoms with E-state index in [2.05, 4.69) is 23.2 Å². The lowest BCUT2D eigenvalue weighted by Crippen LogP contribution is -2.43. The molecule has 1 aliphatic heterocycles. The van der Waals surface area contributed by atoms with Crippen LogP contribution in [0.3, 0.4) is 0 Å². The third-order valence-corrected chi connectivity index (χ3v) is 8.40. The fourth-order valence-electron chi connectivity index (χ4n) is 6.20. The van der Waals surface area contributed by atoms with Crippen LogP contribution in [0.25, 0.3) is 0 Å². The van der Waals surface area contributed by atoms with Crippen LogP contribution in [0.15, 0.2) is 36.5 Å². The molecule has 2 fully saturated rings. The highest BCUT2D eigenvalue weighted by molar-refractivity contribution is 5.71. The molecule has 4 nitrogen and oxygen atoms in total. The molecule has 7 heteroatoms. The lowest BCUT2D eigenvalue weighted by atomic mass is 9.73. The number of hydrogen-bond donors (Lipinski definition) is 1. The van der Waals surface area contributed by atoms with E-state index in [1.165, 1.54) is 12.3 Å². The fraction of sp³-hybridized carbons (Fsp3) is 0.571. The summed E-state index contributed by atoms with van der Waals surface area (Å²) in [6, 6.07) is 8.69. The van der Waals surface area contributed by atoms with Crippen molar-refractivity contribution < 1.29 is 27.8 Å². The van der Waals surface area contributed by atoms with Gasteiger partial charge in [0.2, 0.25) is 0 Å². The summed E-state index contributed by atoms with van der Waals surface area (Å²) in [6.07, 6.45) is 4.58. The highest BCUT2D eigenvalue weighted by atomic mass is 19.4. The number of rotatable bonds is 6. The molecule has 2 aliphatic carbocycles. The van der Waals surface area contributed by atoms with Crippen molar-refractivity contribution in [2.24, 2.45) is 17.8 Å². The molecular weight excluding hydrogens is 455 g/mol. The van der Waals surface area contributed by atoms with Crippen molar-refractivity contribution in [2.75, 3.05) is 0 Å². The summed E-state index contributed by atoms with van der Waals surface area (Å²) in [6.45, 7) is 1.79. The number of nitrogens with zero attached hydrogens (tertiary/aromatic N) is 1. The van der Waals surface area contributed by atoms with Crippen LogP contribution in [0.4, 0.5) is 13.2 Å². The molecule has 0 bridgehead atoms. The summed E-state index contributed by atoms with van der Waals surface area (Å²) in [7, 11) is 0. The average Bonchev–Trinajstić information content (AvgIpc) is 3.65. The molecule has 0 amide bonds. The van der Waals surface area contributed by atoms with Gasteiger partial charge in [-0.3, -0.25) is 9.78 Å². The van der Waals surface area contributed by atoms with Gasteiger partial charge in [0.15, 0.2) is 0 Å². The minimum Gasteiger partial charge on any atom is -0.487 e. The molecule has 0 radical (unpaired) electrons. The van der Waals surface area contributed by atoms with Gasteiger partial charge in [0, 0.05) is 6.20 Å². The van der Waals surface area contributed by atoms with E-state index in [4.69, 9.17) is 4.74 Å². The van der Waals surface area contributed by atoms with E-state index in [1.807, 2.05) is 0 Å². The molecule has 2 heterocycles. The van der Waals surface area contributed by atoms with E-state index >= 15 is 0 Å². The standard InChI is InChI=1S/C28H32F3NO3/c1-17(26(33)34)25(20-5-6-20)21-7-4-19-10-13-27(35-24(19)16-21)11-8-18(9-12-27)15-23-22(28(29,30)31)3-2-14-32-23/h2-4,7,14,16-18,20,25H,5-6,8-13,15H2,1H3,(H,33,34)/t17-,18?,25-,27?/m0/s1. The highest BCUT2D eigenvalue weighted by Crippen LogP contribution is 2.49. The molecule has 3 aliphatic rings. The highest BCUT2D eigenvalue weighted by Gasteiger charge is 2.43. The zero-order chi connectivity index (χ0) is 24.8. The number of aryl methyl sites for hydroxylation is 1. The molecule has 2 aromatic rings. The quantitative estimate of drug-likeness (QED) is 0.486. The van der Waals surface area contributed by atoms with Crippen molar-refractivity contribution in [2.45, 2.75) is 82.4 Å². The average molecular weight is 488 g/mol. The van der Waals surface area contributed by atoms with Gasteiger partial charge in [-0.05, 0) is 105 Å². The van der Waals surface area contributed by atoms with Crippen molar-refractivity contribution in [1.82, 2.24) is 4.98 Å². The predicted molar refractivity (Wildman–Crippen MR) is 125 cm³/mol. The number of carboxylic acids is 1. The Kier molecular flexibility index (Phi) is 6.30. The summed E-state index contributed by atoms with van der Waals surface area (Å²) in [5, 5.41) is 9.62. The van der Waals surface area contributed by atoms with Gasteiger partial charge in [-0.15, -0.1) is 0 Å². The lowest BCUT2D eigenvalue weighted by molar-refractivity contribution is -0.142. The first-order chi connectivity index (χ1) is 16.7. The Morgan fingerprint density at radius 3 is 2.57 bits per heavy atom. The predicted octanol–water partition coefficient (Wildman–Crippen LogP) is 6.81. The van der Waals surface area contributed by atoms with E-state index in [1.54, 1.807) is 6.92 Å². The van der Waals surface area contributed by atoms with Crippen molar-refractivity contribution in [1.29, 1.82) is 0 Å². The van der Waals surface area contributed by atoms with Crippen molar-refractivity contribution in [3.63, 3.8) is 0 Å². The van der Waals surface area contributed by atoms with E-state index in [0.717, 1.165) is 74.3 Å². The molecule has 5 rings (SSSR count). The second-order valence-electron chi connectivity index (χ2n) is 10.8. The molecular formula is C28H32F3NO3.